The van der Waals surface area contributed by atoms with Crippen molar-refractivity contribution in [2.45, 2.75) is 24.4 Å². The van der Waals surface area contributed by atoms with E-state index >= 15 is 0 Å². The van der Waals surface area contributed by atoms with Gasteiger partial charge in [0.15, 0.2) is 12.2 Å². The number of hydrogen-bond acceptors (Lipinski definition) is 8. The van der Waals surface area contributed by atoms with E-state index in [1.165, 1.54) is 0 Å². The molecular formula is C26H26O8. The molecule has 0 bridgehead atoms. The molecule has 0 unspecified atom stereocenters. The van der Waals surface area contributed by atoms with Gasteiger partial charge >= 0.3 is 11.9 Å². The highest BCUT2D eigenvalue weighted by molar-refractivity contribution is 5.90. The van der Waals surface area contributed by atoms with Crippen LogP contribution < -0.4 is 9.47 Å². The number of benzene rings is 2. The summed E-state index contributed by atoms with van der Waals surface area (Å²) in [5.74, 6) is 0.270. The van der Waals surface area contributed by atoms with Gasteiger partial charge < -0.3 is 28.4 Å². The van der Waals surface area contributed by atoms with E-state index in [0.717, 1.165) is 0 Å². The molecule has 2 aliphatic heterocycles. The largest absolute Gasteiger partial charge is 0.490 e. The number of carbonyl (C=O) groups excluding carboxylic acids is 2. The molecule has 0 amide bonds. The first-order chi connectivity index (χ1) is 16.6. The third-order valence-electron chi connectivity index (χ3n) is 5.40. The highest BCUT2D eigenvalue weighted by Crippen LogP contribution is 2.31. The van der Waals surface area contributed by atoms with Gasteiger partial charge in [0.1, 0.15) is 36.9 Å². The summed E-state index contributed by atoms with van der Waals surface area (Å²) in [6, 6.07) is 13.3. The molecule has 8 nitrogen and oxygen atoms in total. The van der Waals surface area contributed by atoms with Crippen molar-refractivity contribution in [1.29, 1.82) is 0 Å². The molecule has 2 aromatic carbocycles. The number of carbonyl (C=O) groups is 2. The summed E-state index contributed by atoms with van der Waals surface area (Å²) in [6.45, 7) is 8.27. The van der Waals surface area contributed by atoms with Gasteiger partial charge in [-0.3, -0.25) is 0 Å². The Morgan fingerprint density at radius 2 is 1.12 bits per heavy atom. The van der Waals surface area contributed by atoms with Gasteiger partial charge in [-0.15, -0.1) is 0 Å². The summed E-state index contributed by atoms with van der Waals surface area (Å²) >= 11 is 0. The Bertz CT molecular complexity index is 931. The van der Waals surface area contributed by atoms with Crippen molar-refractivity contribution in [3.63, 3.8) is 0 Å². The molecule has 0 N–H and O–H groups in total. The second-order valence-electron chi connectivity index (χ2n) is 7.73. The molecular weight excluding hydrogens is 440 g/mol. The van der Waals surface area contributed by atoms with Gasteiger partial charge in [0.25, 0.3) is 0 Å². The number of ether oxygens (including phenoxy) is 6. The Balaban J connectivity index is 1.30. The van der Waals surface area contributed by atoms with E-state index in [9.17, 15) is 9.59 Å². The molecule has 4 atom stereocenters. The van der Waals surface area contributed by atoms with Crippen LogP contribution in [-0.2, 0) is 18.9 Å². The number of fused-ring (bicyclic) bond motifs is 1. The van der Waals surface area contributed by atoms with Crippen LogP contribution in [-0.4, -0.2) is 62.8 Å². The van der Waals surface area contributed by atoms with Crippen molar-refractivity contribution in [1.82, 2.24) is 0 Å². The number of rotatable bonds is 10. The maximum absolute atomic E-state index is 12.6. The molecule has 34 heavy (non-hydrogen) atoms. The minimum absolute atomic E-state index is 0.158. The Morgan fingerprint density at radius 1 is 0.735 bits per heavy atom. The van der Waals surface area contributed by atoms with Gasteiger partial charge in [0, 0.05) is 0 Å². The van der Waals surface area contributed by atoms with Crippen LogP contribution in [0.2, 0.25) is 0 Å². The fourth-order valence-corrected chi connectivity index (χ4v) is 3.73. The summed E-state index contributed by atoms with van der Waals surface area (Å²) in [7, 11) is 0. The van der Waals surface area contributed by atoms with Crippen LogP contribution in [0.5, 0.6) is 11.5 Å². The van der Waals surface area contributed by atoms with Crippen molar-refractivity contribution in [2.75, 3.05) is 26.4 Å². The SMILES string of the molecule is C=CCOc1ccc(C(=O)O[C@H]2CO[C@H]3[C@@H]2OC[C@@H]3OC(=O)c2ccc(OCC=C)cc2)cc1. The van der Waals surface area contributed by atoms with Gasteiger partial charge in [-0.05, 0) is 48.5 Å². The predicted molar refractivity (Wildman–Crippen MR) is 122 cm³/mol. The molecule has 2 heterocycles. The Labute approximate surface area is 197 Å². The maximum Gasteiger partial charge on any atom is 0.338 e. The number of esters is 2. The van der Waals surface area contributed by atoms with Crippen molar-refractivity contribution in [3.8, 4) is 11.5 Å². The molecule has 0 aliphatic carbocycles. The molecule has 2 saturated heterocycles. The fourth-order valence-electron chi connectivity index (χ4n) is 3.73. The molecule has 4 rings (SSSR count). The minimum atomic E-state index is -0.598. The molecule has 178 valence electrons. The van der Waals surface area contributed by atoms with Crippen molar-refractivity contribution < 1.29 is 38.0 Å². The van der Waals surface area contributed by atoms with Crippen molar-refractivity contribution >= 4 is 11.9 Å². The second kappa shape index (κ2) is 11.0. The molecule has 0 saturated carbocycles. The van der Waals surface area contributed by atoms with E-state index < -0.39 is 36.4 Å². The normalized spacial score (nSPS) is 22.9. The molecule has 2 aliphatic rings. The first kappa shape index (κ1) is 23.5. The third-order valence-corrected chi connectivity index (χ3v) is 5.40. The van der Waals surface area contributed by atoms with Crippen molar-refractivity contribution in [3.05, 3.63) is 85.0 Å². The van der Waals surface area contributed by atoms with Crippen LogP contribution in [0.1, 0.15) is 20.7 Å². The lowest BCUT2D eigenvalue weighted by Crippen LogP contribution is -2.36. The smallest absolute Gasteiger partial charge is 0.338 e. The van der Waals surface area contributed by atoms with E-state index in [0.29, 0.717) is 35.8 Å². The number of hydrogen-bond donors (Lipinski definition) is 0. The van der Waals surface area contributed by atoms with E-state index in [1.54, 1.807) is 60.7 Å². The highest BCUT2D eigenvalue weighted by atomic mass is 16.7. The third kappa shape index (κ3) is 5.47. The second-order valence-corrected chi connectivity index (χ2v) is 7.73. The van der Waals surface area contributed by atoms with Crippen LogP contribution in [0.3, 0.4) is 0 Å². The van der Waals surface area contributed by atoms with Crippen LogP contribution in [0.4, 0.5) is 0 Å². The monoisotopic (exact) mass is 466 g/mol. The lowest BCUT2D eigenvalue weighted by atomic mass is 10.1. The predicted octanol–water partition coefficient (Wildman–Crippen LogP) is 3.36. The standard InChI is InChI=1S/C26H26O8/c1-3-13-29-19-9-5-17(6-10-19)25(27)33-21-15-31-24-22(16-32-23(21)24)34-26(28)18-7-11-20(12-8-18)30-14-4-2/h3-12,21-24H,1-2,13-16H2/t21-,22-,23+,24+/m0/s1. The van der Waals surface area contributed by atoms with Crippen molar-refractivity contribution in [2.24, 2.45) is 0 Å². The summed E-state index contributed by atoms with van der Waals surface area (Å²) in [5.41, 5.74) is 0.770. The topological polar surface area (TPSA) is 89.5 Å². The molecule has 0 spiro atoms. The van der Waals surface area contributed by atoms with E-state index in [-0.39, 0.29) is 13.2 Å². The molecule has 2 aromatic rings. The summed E-state index contributed by atoms with van der Waals surface area (Å²) < 4.78 is 33.6. The van der Waals surface area contributed by atoms with Crippen LogP contribution in [0.15, 0.2) is 73.8 Å². The zero-order valence-corrected chi connectivity index (χ0v) is 18.6. The van der Waals surface area contributed by atoms with Gasteiger partial charge in [0.2, 0.25) is 0 Å². The summed E-state index contributed by atoms with van der Waals surface area (Å²) in [5, 5.41) is 0. The molecule has 0 radical (unpaired) electrons. The highest BCUT2D eigenvalue weighted by Gasteiger charge is 2.51. The summed E-state index contributed by atoms with van der Waals surface area (Å²) in [6.07, 6.45) is 1.07. The van der Waals surface area contributed by atoms with E-state index in [1.807, 2.05) is 0 Å². The lowest BCUT2D eigenvalue weighted by Gasteiger charge is -2.17. The lowest BCUT2D eigenvalue weighted by molar-refractivity contribution is -0.0287. The maximum atomic E-state index is 12.6. The van der Waals surface area contributed by atoms with Gasteiger partial charge in [-0.1, -0.05) is 25.3 Å². The van der Waals surface area contributed by atoms with Gasteiger partial charge in [0.05, 0.1) is 24.3 Å². The first-order valence-electron chi connectivity index (χ1n) is 10.9. The summed E-state index contributed by atoms with van der Waals surface area (Å²) in [4.78, 5) is 25.1. The Morgan fingerprint density at radius 3 is 1.47 bits per heavy atom. The van der Waals surface area contributed by atoms with Crippen LogP contribution >= 0.6 is 0 Å². The zero-order valence-electron chi connectivity index (χ0n) is 18.6. The van der Waals surface area contributed by atoms with E-state index in [4.69, 9.17) is 28.4 Å². The molecule has 8 heteroatoms. The van der Waals surface area contributed by atoms with Crippen LogP contribution in [0, 0.1) is 0 Å². The average Bonchev–Trinajstić information content (AvgIpc) is 3.45. The minimum Gasteiger partial charge on any atom is -0.490 e. The first-order valence-corrected chi connectivity index (χ1v) is 10.9. The van der Waals surface area contributed by atoms with Gasteiger partial charge in [-0.2, -0.15) is 0 Å². The van der Waals surface area contributed by atoms with Gasteiger partial charge in [-0.25, -0.2) is 9.59 Å². The molecule has 2 fully saturated rings. The Hall–Kier alpha value is -3.62. The fraction of sp³-hybridized carbons (Fsp3) is 0.308. The average molecular weight is 466 g/mol. The van der Waals surface area contributed by atoms with E-state index in [2.05, 4.69) is 13.2 Å². The Kier molecular flexibility index (Phi) is 7.61. The molecule has 0 aromatic heterocycles. The zero-order chi connectivity index (χ0) is 23.9. The van der Waals surface area contributed by atoms with Crippen LogP contribution in [0.25, 0.3) is 0 Å². The quantitative estimate of drug-likeness (QED) is 0.389.